The SMILES string of the molecule is Cc1ncc(CNCC(C)C(N)=O)s1. The fourth-order valence-electron chi connectivity index (χ4n) is 1.000. The number of hydrogen-bond donors (Lipinski definition) is 2. The summed E-state index contributed by atoms with van der Waals surface area (Å²) in [7, 11) is 0. The van der Waals surface area contributed by atoms with Crippen molar-refractivity contribution in [2.24, 2.45) is 11.7 Å². The Morgan fingerprint density at radius 3 is 3.00 bits per heavy atom. The Labute approximate surface area is 87.5 Å². The largest absolute Gasteiger partial charge is 0.369 e. The zero-order valence-corrected chi connectivity index (χ0v) is 9.23. The highest BCUT2D eigenvalue weighted by Gasteiger charge is 2.07. The molecule has 0 spiro atoms. The van der Waals surface area contributed by atoms with E-state index < -0.39 is 0 Å². The normalized spacial score (nSPS) is 12.7. The Hall–Kier alpha value is -0.940. The molecule has 0 saturated carbocycles. The monoisotopic (exact) mass is 213 g/mol. The minimum atomic E-state index is -0.266. The summed E-state index contributed by atoms with van der Waals surface area (Å²) in [6.45, 7) is 5.16. The van der Waals surface area contributed by atoms with Crippen LogP contribution in [0.1, 0.15) is 16.8 Å². The summed E-state index contributed by atoms with van der Waals surface area (Å²) in [6.07, 6.45) is 1.85. The third kappa shape index (κ3) is 3.43. The van der Waals surface area contributed by atoms with Gasteiger partial charge in [-0.1, -0.05) is 6.92 Å². The van der Waals surface area contributed by atoms with E-state index in [2.05, 4.69) is 10.3 Å². The average Bonchev–Trinajstić information content (AvgIpc) is 2.51. The van der Waals surface area contributed by atoms with Crippen LogP contribution in [0.3, 0.4) is 0 Å². The van der Waals surface area contributed by atoms with E-state index in [1.807, 2.05) is 20.0 Å². The average molecular weight is 213 g/mol. The number of nitrogens with zero attached hydrogens (tertiary/aromatic N) is 1. The van der Waals surface area contributed by atoms with Crippen LogP contribution < -0.4 is 11.1 Å². The van der Waals surface area contributed by atoms with E-state index >= 15 is 0 Å². The smallest absolute Gasteiger partial charge is 0.221 e. The lowest BCUT2D eigenvalue weighted by molar-refractivity contribution is -0.121. The van der Waals surface area contributed by atoms with Gasteiger partial charge in [0, 0.05) is 30.1 Å². The van der Waals surface area contributed by atoms with Crippen LogP contribution >= 0.6 is 11.3 Å². The van der Waals surface area contributed by atoms with Crippen LogP contribution in [0.4, 0.5) is 0 Å². The summed E-state index contributed by atoms with van der Waals surface area (Å²) >= 11 is 1.66. The maximum Gasteiger partial charge on any atom is 0.221 e. The van der Waals surface area contributed by atoms with Crippen LogP contribution in [0.15, 0.2) is 6.20 Å². The fourth-order valence-corrected chi connectivity index (χ4v) is 1.76. The highest BCUT2D eigenvalue weighted by atomic mass is 32.1. The van der Waals surface area contributed by atoms with Gasteiger partial charge >= 0.3 is 0 Å². The van der Waals surface area contributed by atoms with Crippen molar-refractivity contribution in [1.82, 2.24) is 10.3 Å². The molecule has 0 aromatic carbocycles. The molecule has 1 aromatic rings. The number of nitrogens with two attached hydrogens (primary N) is 1. The highest BCUT2D eigenvalue weighted by molar-refractivity contribution is 7.11. The number of aromatic nitrogens is 1. The van der Waals surface area contributed by atoms with Gasteiger partial charge in [-0.25, -0.2) is 4.98 Å². The van der Waals surface area contributed by atoms with Gasteiger partial charge in [0.25, 0.3) is 0 Å². The molecule has 5 heteroatoms. The predicted octanol–water partition coefficient (Wildman–Crippen LogP) is 0.663. The van der Waals surface area contributed by atoms with E-state index in [-0.39, 0.29) is 11.8 Å². The van der Waals surface area contributed by atoms with Crippen molar-refractivity contribution in [2.45, 2.75) is 20.4 Å². The number of thiazole rings is 1. The van der Waals surface area contributed by atoms with Gasteiger partial charge in [-0.05, 0) is 6.92 Å². The Morgan fingerprint density at radius 2 is 2.50 bits per heavy atom. The molecular weight excluding hydrogens is 198 g/mol. The standard InChI is InChI=1S/C9H15N3OS/c1-6(9(10)13)3-11-4-8-5-12-7(2)14-8/h5-6,11H,3-4H2,1-2H3,(H2,10,13). The van der Waals surface area contributed by atoms with Crippen molar-refractivity contribution in [1.29, 1.82) is 0 Å². The van der Waals surface area contributed by atoms with Crippen molar-refractivity contribution in [3.05, 3.63) is 16.1 Å². The first kappa shape index (κ1) is 11.1. The van der Waals surface area contributed by atoms with Crippen molar-refractivity contribution in [3.8, 4) is 0 Å². The predicted molar refractivity (Wildman–Crippen MR) is 56.9 cm³/mol. The number of amides is 1. The lowest BCUT2D eigenvalue weighted by Gasteiger charge is -2.07. The van der Waals surface area contributed by atoms with Gasteiger partial charge < -0.3 is 11.1 Å². The molecule has 0 aliphatic carbocycles. The molecule has 3 N–H and O–H groups in total. The fraction of sp³-hybridized carbons (Fsp3) is 0.556. The number of nitrogens with one attached hydrogen (secondary N) is 1. The molecule has 78 valence electrons. The summed E-state index contributed by atoms with van der Waals surface area (Å²) in [5, 5.41) is 4.23. The molecule has 0 radical (unpaired) electrons. The maximum absolute atomic E-state index is 10.7. The second-order valence-electron chi connectivity index (χ2n) is 3.28. The molecule has 0 fully saturated rings. The first-order valence-electron chi connectivity index (χ1n) is 4.51. The molecule has 1 amide bonds. The summed E-state index contributed by atoms with van der Waals surface area (Å²) in [5.74, 6) is -0.387. The van der Waals surface area contributed by atoms with Gasteiger partial charge in [0.2, 0.25) is 5.91 Å². The molecular formula is C9H15N3OS. The molecule has 0 bridgehead atoms. The number of aryl methyl sites for hydroxylation is 1. The first-order chi connectivity index (χ1) is 6.59. The summed E-state index contributed by atoms with van der Waals surface area (Å²) < 4.78 is 0. The number of carbonyl (C=O) groups excluding carboxylic acids is 1. The maximum atomic E-state index is 10.7. The molecule has 1 atom stereocenters. The molecule has 1 rings (SSSR count). The Kier molecular flexibility index (Phi) is 4.03. The quantitative estimate of drug-likeness (QED) is 0.755. The number of rotatable bonds is 5. The molecule has 1 unspecified atom stereocenters. The summed E-state index contributed by atoms with van der Waals surface area (Å²) in [5.41, 5.74) is 5.13. The molecule has 14 heavy (non-hydrogen) atoms. The zero-order chi connectivity index (χ0) is 10.6. The number of primary amides is 1. The van der Waals surface area contributed by atoms with Crippen molar-refractivity contribution >= 4 is 17.2 Å². The second-order valence-corrected chi connectivity index (χ2v) is 4.60. The van der Waals surface area contributed by atoms with Crippen molar-refractivity contribution < 1.29 is 4.79 Å². The summed E-state index contributed by atoms with van der Waals surface area (Å²) in [6, 6.07) is 0. The molecule has 1 heterocycles. The topological polar surface area (TPSA) is 68.0 Å². The van der Waals surface area contributed by atoms with Gasteiger partial charge in [0.1, 0.15) is 0 Å². The van der Waals surface area contributed by atoms with E-state index in [9.17, 15) is 4.79 Å². The first-order valence-corrected chi connectivity index (χ1v) is 5.32. The van der Waals surface area contributed by atoms with Crippen molar-refractivity contribution in [3.63, 3.8) is 0 Å². The Bertz CT molecular complexity index is 311. The van der Waals surface area contributed by atoms with Crippen LogP contribution in [0.25, 0.3) is 0 Å². The minimum absolute atomic E-state index is 0.121. The molecule has 0 aliphatic heterocycles. The van der Waals surface area contributed by atoms with E-state index in [0.29, 0.717) is 6.54 Å². The lowest BCUT2D eigenvalue weighted by atomic mass is 10.2. The lowest BCUT2D eigenvalue weighted by Crippen LogP contribution is -2.30. The Balaban J connectivity index is 2.25. The van der Waals surface area contributed by atoms with E-state index in [4.69, 9.17) is 5.73 Å². The Morgan fingerprint density at radius 1 is 1.79 bits per heavy atom. The number of hydrogen-bond acceptors (Lipinski definition) is 4. The van der Waals surface area contributed by atoms with Crippen LogP contribution in [-0.2, 0) is 11.3 Å². The summed E-state index contributed by atoms with van der Waals surface area (Å²) in [4.78, 5) is 16.0. The molecule has 1 aromatic heterocycles. The van der Waals surface area contributed by atoms with E-state index in [1.54, 1.807) is 11.3 Å². The minimum Gasteiger partial charge on any atom is -0.369 e. The molecule has 0 saturated heterocycles. The third-order valence-corrected chi connectivity index (χ3v) is 2.82. The second kappa shape index (κ2) is 5.07. The van der Waals surface area contributed by atoms with Gasteiger partial charge in [-0.15, -0.1) is 11.3 Å². The van der Waals surface area contributed by atoms with Crippen LogP contribution in [-0.4, -0.2) is 17.4 Å². The van der Waals surface area contributed by atoms with Crippen LogP contribution in [0, 0.1) is 12.8 Å². The highest BCUT2D eigenvalue weighted by Crippen LogP contribution is 2.10. The van der Waals surface area contributed by atoms with Gasteiger partial charge in [-0.3, -0.25) is 4.79 Å². The zero-order valence-electron chi connectivity index (χ0n) is 8.41. The van der Waals surface area contributed by atoms with E-state index in [1.165, 1.54) is 4.88 Å². The van der Waals surface area contributed by atoms with Crippen LogP contribution in [0.5, 0.6) is 0 Å². The van der Waals surface area contributed by atoms with Crippen LogP contribution in [0.2, 0.25) is 0 Å². The van der Waals surface area contributed by atoms with Gasteiger partial charge in [0.05, 0.1) is 5.01 Å². The van der Waals surface area contributed by atoms with E-state index in [0.717, 1.165) is 11.6 Å². The van der Waals surface area contributed by atoms with Gasteiger partial charge in [-0.2, -0.15) is 0 Å². The number of carbonyl (C=O) groups is 1. The van der Waals surface area contributed by atoms with Gasteiger partial charge in [0.15, 0.2) is 0 Å². The molecule has 0 aliphatic rings. The third-order valence-electron chi connectivity index (χ3n) is 1.90. The van der Waals surface area contributed by atoms with Crippen molar-refractivity contribution in [2.75, 3.05) is 6.54 Å². The molecule has 4 nitrogen and oxygen atoms in total.